The van der Waals surface area contributed by atoms with Crippen molar-refractivity contribution in [2.45, 2.75) is 23.0 Å². The Morgan fingerprint density at radius 1 is 0.917 bits per heavy atom. The molecular formula is C16H13F3N2O2S. The van der Waals surface area contributed by atoms with E-state index >= 15 is 0 Å². The zero-order valence-electron chi connectivity index (χ0n) is 12.3. The number of halogens is 3. The highest BCUT2D eigenvalue weighted by molar-refractivity contribution is 7.90. The van der Waals surface area contributed by atoms with E-state index in [0.717, 1.165) is 5.56 Å². The van der Waals surface area contributed by atoms with Crippen molar-refractivity contribution in [3.05, 3.63) is 71.8 Å². The summed E-state index contributed by atoms with van der Waals surface area (Å²) in [5.74, 6) is 0. The van der Waals surface area contributed by atoms with Crippen molar-refractivity contribution in [2.75, 3.05) is 0 Å². The second-order valence-electron chi connectivity index (χ2n) is 6.00. The monoisotopic (exact) mass is 354 g/mol. The summed E-state index contributed by atoms with van der Waals surface area (Å²) in [6.07, 6.45) is 0.253. The maximum atomic E-state index is 13.0. The molecule has 0 unspecified atom stereocenters. The fraction of sp³-hybridized carbons (Fsp3) is 0.250. The van der Waals surface area contributed by atoms with Crippen LogP contribution in [0.3, 0.4) is 0 Å². The third-order valence-corrected chi connectivity index (χ3v) is 6.26. The van der Waals surface area contributed by atoms with Crippen LogP contribution in [0, 0.1) is 0 Å². The lowest BCUT2D eigenvalue weighted by Crippen LogP contribution is -2.69. The van der Waals surface area contributed by atoms with Gasteiger partial charge >= 0.3 is 15.5 Å². The van der Waals surface area contributed by atoms with Crippen LogP contribution in [0.1, 0.15) is 17.5 Å². The van der Waals surface area contributed by atoms with E-state index in [1.165, 1.54) is 0 Å². The summed E-state index contributed by atoms with van der Waals surface area (Å²) in [5, 5.41) is 0. The maximum absolute atomic E-state index is 13.0. The first-order chi connectivity index (χ1) is 11.3. The molecule has 0 aromatic heterocycles. The topological polar surface area (TPSA) is 49.4 Å². The zero-order chi connectivity index (χ0) is 17.2. The van der Waals surface area contributed by atoms with Crippen molar-refractivity contribution in [3.8, 4) is 0 Å². The first kappa shape index (κ1) is 15.6. The molecule has 1 saturated carbocycles. The molecule has 126 valence electrons. The number of hydrazine groups is 1. The van der Waals surface area contributed by atoms with Gasteiger partial charge in [0.05, 0.1) is 5.54 Å². The lowest BCUT2D eigenvalue weighted by atomic mass is 9.91. The van der Waals surface area contributed by atoms with Gasteiger partial charge in [0.15, 0.2) is 0 Å². The largest absolute Gasteiger partial charge is 0.512 e. The Labute approximate surface area is 136 Å². The normalized spacial score (nSPS) is 29.6. The summed E-state index contributed by atoms with van der Waals surface area (Å²) < 4.78 is 63.4. The van der Waals surface area contributed by atoms with Gasteiger partial charge in [-0.05, 0) is 11.1 Å². The van der Waals surface area contributed by atoms with E-state index in [-0.39, 0.29) is 6.42 Å². The minimum atomic E-state index is -5.48. The standard InChI is InChI=1S/C16H13F3N2O2S/c17-16(18,19)24(22,23)21-15(13-9-5-2-6-10-13)11-14(15,20-21)12-7-3-1-4-8-12/h1-10,20H,11H2/t14-,15+/m1/s1. The molecule has 0 bridgehead atoms. The number of nitrogens with zero attached hydrogens (tertiary/aromatic N) is 1. The van der Waals surface area contributed by atoms with E-state index in [1.54, 1.807) is 60.7 Å². The highest BCUT2D eigenvalue weighted by Crippen LogP contribution is 2.72. The van der Waals surface area contributed by atoms with Crippen molar-refractivity contribution in [3.63, 3.8) is 0 Å². The van der Waals surface area contributed by atoms with Gasteiger partial charge in [0.2, 0.25) is 0 Å². The summed E-state index contributed by atoms with van der Waals surface area (Å²) in [6, 6.07) is 17.4. The average Bonchev–Trinajstić information content (AvgIpc) is 3.08. The van der Waals surface area contributed by atoms with Crippen LogP contribution in [0.5, 0.6) is 0 Å². The van der Waals surface area contributed by atoms with Gasteiger partial charge in [-0.15, -0.1) is 4.41 Å². The van der Waals surface area contributed by atoms with Gasteiger partial charge in [0, 0.05) is 6.42 Å². The summed E-state index contributed by atoms with van der Waals surface area (Å²) in [6.45, 7) is 0. The molecule has 2 aromatic carbocycles. The second-order valence-corrected chi connectivity index (χ2v) is 7.78. The molecule has 1 aliphatic carbocycles. The van der Waals surface area contributed by atoms with Crippen molar-refractivity contribution in [1.29, 1.82) is 0 Å². The first-order valence-electron chi connectivity index (χ1n) is 7.26. The smallest absolute Gasteiger partial charge is 0.227 e. The molecule has 8 heteroatoms. The Balaban J connectivity index is 1.84. The average molecular weight is 354 g/mol. The molecule has 4 nitrogen and oxygen atoms in total. The minimum Gasteiger partial charge on any atom is -0.227 e. The number of sulfonamides is 1. The van der Waals surface area contributed by atoms with E-state index in [0.29, 0.717) is 9.98 Å². The van der Waals surface area contributed by atoms with Crippen molar-refractivity contribution in [2.24, 2.45) is 0 Å². The van der Waals surface area contributed by atoms with Crippen LogP contribution in [0.2, 0.25) is 0 Å². The second kappa shape index (κ2) is 4.59. The number of rotatable bonds is 3. The molecule has 1 aliphatic heterocycles. The molecule has 1 heterocycles. The van der Waals surface area contributed by atoms with Crippen molar-refractivity contribution in [1.82, 2.24) is 9.84 Å². The third kappa shape index (κ3) is 1.73. The highest BCUT2D eigenvalue weighted by Gasteiger charge is 2.85. The van der Waals surface area contributed by atoms with Crippen molar-refractivity contribution >= 4 is 10.0 Å². The molecule has 0 spiro atoms. The van der Waals surface area contributed by atoms with Gasteiger partial charge < -0.3 is 0 Å². The Bertz CT molecular complexity index is 887. The van der Waals surface area contributed by atoms with Gasteiger partial charge in [-0.25, -0.2) is 13.8 Å². The number of fused-ring (bicyclic) bond motifs is 1. The highest BCUT2D eigenvalue weighted by atomic mass is 32.2. The Kier molecular flexibility index (Phi) is 2.99. The summed E-state index contributed by atoms with van der Waals surface area (Å²) in [4.78, 5) is 0. The molecule has 2 aliphatic rings. The summed E-state index contributed by atoms with van der Waals surface area (Å²) in [5.41, 5.74) is -3.56. The number of nitrogens with one attached hydrogen (secondary N) is 1. The van der Waals surface area contributed by atoms with Crippen LogP contribution in [-0.4, -0.2) is 18.3 Å². The lowest BCUT2D eigenvalue weighted by molar-refractivity contribution is -0.0635. The van der Waals surface area contributed by atoms with Gasteiger partial charge in [-0.1, -0.05) is 60.7 Å². The fourth-order valence-corrected chi connectivity index (χ4v) is 4.83. The predicted molar refractivity (Wildman–Crippen MR) is 80.8 cm³/mol. The summed E-state index contributed by atoms with van der Waals surface area (Å²) in [7, 11) is -5.48. The van der Waals surface area contributed by atoms with Crippen molar-refractivity contribution < 1.29 is 21.6 Å². The Hall–Kier alpha value is -1.90. The third-order valence-electron chi connectivity index (χ3n) is 4.79. The molecule has 2 atom stereocenters. The molecule has 0 radical (unpaired) electrons. The van der Waals surface area contributed by atoms with Crippen LogP contribution in [-0.2, 0) is 21.1 Å². The number of benzene rings is 2. The number of alkyl halides is 3. The van der Waals surface area contributed by atoms with Crippen LogP contribution >= 0.6 is 0 Å². The molecule has 1 saturated heterocycles. The number of hydrogen-bond acceptors (Lipinski definition) is 3. The molecule has 24 heavy (non-hydrogen) atoms. The van der Waals surface area contributed by atoms with Crippen LogP contribution in [0.25, 0.3) is 0 Å². The van der Waals surface area contributed by atoms with Crippen LogP contribution in [0.4, 0.5) is 13.2 Å². The number of hydrogen-bond donors (Lipinski definition) is 1. The molecular weight excluding hydrogens is 341 g/mol. The van der Waals surface area contributed by atoms with E-state index in [2.05, 4.69) is 5.43 Å². The quantitative estimate of drug-likeness (QED) is 0.922. The van der Waals surface area contributed by atoms with Gasteiger partial charge in [0.1, 0.15) is 5.54 Å². The Morgan fingerprint density at radius 2 is 1.42 bits per heavy atom. The fourth-order valence-electron chi connectivity index (χ4n) is 3.61. The van der Waals surface area contributed by atoms with E-state index in [9.17, 15) is 21.6 Å². The summed E-state index contributed by atoms with van der Waals surface area (Å²) >= 11 is 0. The SMILES string of the molecule is O=S(=O)(N1N[C@@]2(c3ccccc3)C[C@@]12c1ccccc1)C(F)(F)F. The minimum absolute atomic E-state index is 0.253. The maximum Gasteiger partial charge on any atom is 0.512 e. The lowest BCUT2D eigenvalue weighted by Gasteiger charge is -2.47. The predicted octanol–water partition coefficient (Wildman–Crippen LogP) is 2.85. The van der Waals surface area contributed by atoms with Crippen LogP contribution < -0.4 is 5.43 Å². The van der Waals surface area contributed by atoms with Gasteiger partial charge in [0.25, 0.3) is 0 Å². The van der Waals surface area contributed by atoms with Gasteiger partial charge in [-0.3, -0.25) is 0 Å². The van der Waals surface area contributed by atoms with Gasteiger partial charge in [-0.2, -0.15) is 13.2 Å². The molecule has 0 amide bonds. The molecule has 2 aromatic rings. The van der Waals surface area contributed by atoms with Crippen LogP contribution in [0.15, 0.2) is 60.7 Å². The molecule has 2 fully saturated rings. The molecule has 4 rings (SSSR count). The van der Waals surface area contributed by atoms with E-state index in [1.807, 2.05) is 0 Å². The van der Waals surface area contributed by atoms with E-state index < -0.39 is 26.6 Å². The van der Waals surface area contributed by atoms with E-state index in [4.69, 9.17) is 0 Å². The Morgan fingerprint density at radius 3 is 1.92 bits per heavy atom. The zero-order valence-corrected chi connectivity index (χ0v) is 13.1. The molecule has 1 N–H and O–H groups in total. The first-order valence-corrected chi connectivity index (χ1v) is 8.70.